The maximum absolute atomic E-state index is 13.3. The summed E-state index contributed by atoms with van der Waals surface area (Å²) in [4.78, 5) is 70.3. The highest BCUT2D eigenvalue weighted by molar-refractivity contribution is 5.88. The number of methoxy groups -OCH3 is 2. The average molecular weight is 799 g/mol. The molecule has 4 N–H and O–H groups in total. The van der Waals surface area contributed by atoms with Crippen molar-refractivity contribution in [2.24, 2.45) is 0 Å². The average Bonchev–Trinajstić information content (AvgIpc) is 4.12. The number of carbonyl (C=O) groups excluding carboxylic acids is 4. The van der Waals surface area contributed by atoms with Gasteiger partial charge in [0.2, 0.25) is 11.8 Å². The maximum Gasteiger partial charge on any atom is 0.407 e. The molecule has 3 aromatic carbocycles. The van der Waals surface area contributed by atoms with E-state index in [0.717, 1.165) is 65.2 Å². The molecule has 2 saturated heterocycles. The lowest BCUT2D eigenvalue weighted by atomic mass is 9.81. The summed E-state index contributed by atoms with van der Waals surface area (Å²) < 4.78 is 9.38. The Morgan fingerprint density at radius 1 is 0.695 bits per heavy atom. The molecule has 3 fully saturated rings. The van der Waals surface area contributed by atoms with Gasteiger partial charge >= 0.3 is 12.2 Å². The van der Waals surface area contributed by atoms with Gasteiger partial charge in [-0.05, 0) is 122 Å². The van der Waals surface area contributed by atoms with Crippen molar-refractivity contribution in [1.29, 1.82) is 0 Å². The van der Waals surface area contributed by atoms with Crippen LogP contribution in [0.15, 0.2) is 60.8 Å². The standard InChI is InChI=1S/C45H50N8O6/c1-24(47-44(56)58-3)42(54)52-19-5-7-36(52)40-46-23-35(51-40)27-11-9-26(10-12-27)31-16-17-32(39-30-14-13-29(21-30)38(31)39)28-15-18-33-34(22-28)50-41(49-33)37-8-6-20-53(37)43(55)25(2)48-45(57)59-4/h9-12,15-18,22-25,29-30,36-37H,5-8,13-14,19-21H2,1-4H3,(H,46,51)(H,47,56)(H,48,57)(H,49,50). The van der Waals surface area contributed by atoms with E-state index in [9.17, 15) is 19.2 Å². The van der Waals surface area contributed by atoms with Crippen LogP contribution in [0.1, 0.15) is 105 Å². The Labute approximate surface area is 342 Å². The highest BCUT2D eigenvalue weighted by Crippen LogP contribution is 2.58. The van der Waals surface area contributed by atoms with Crippen LogP contribution in [0.2, 0.25) is 0 Å². The fraction of sp³-hybridized carbons (Fsp3) is 0.422. The number of imidazole rings is 2. The maximum atomic E-state index is 13.3. The molecule has 4 aliphatic rings. The van der Waals surface area contributed by atoms with E-state index < -0.39 is 24.3 Å². The number of aromatic amines is 2. The predicted octanol–water partition coefficient (Wildman–Crippen LogP) is 7.47. The Hall–Kier alpha value is -6.18. The van der Waals surface area contributed by atoms with E-state index in [1.54, 1.807) is 18.7 Å². The molecular weight excluding hydrogens is 749 g/mol. The zero-order valence-corrected chi connectivity index (χ0v) is 33.8. The van der Waals surface area contributed by atoms with E-state index in [2.05, 4.69) is 79.9 Å². The third-order valence-corrected chi connectivity index (χ3v) is 12.9. The molecule has 59 heavy (non-hydrogen) atoms. The summed E-state index contributed by atoms with van der Waals surface area (Å²) in [5.41, 5.74) is 11.5. The molecule has 5 aromatic rings. The number of likely N-dealkylation sites (tertiary alicyclic amines) is 2. The number of aromatic nitrogens is 4. The van der Waals surface area contributed by atoms with Crippen molar-refractivity contribution in [3.63, 3.8) is 0 Å². The van der Waals surface area contributed by atoms with Gasteiger partial charge in [-0.3, -0.25) is 9.59 Å². The summed E-state index contributed by atoms with van der Waals surface area (Å²) in [5, 5.41) is 5.18. The molecule has 2 aliphatic heterocycles. The number of hydrogen-bond acceptors (Lipinski definition) is 8. The fourth-order valence-electron chi connectivity index (χ4n) is 10.1. The Bertz CT molecular complexity index is 2440. The number of rotatable bonds is 9. The number of nitrogens with zero attached hydrogens (tertiary/aromatic N) is 4. The van der Waals surface area contributed by atoms with Gasteiger partial charge in [-0.1, -0.05) is 42.5 Å². The highest BCUT2D eigenvalue weighted by Gasteiger charge is 2.41. The second kappa shape index (κ2) is 15.5. The molecule has 4 amide bonds. The van der Waals surface area contributed by atoms with Crippen LogP contribution < -0.4 is 10.6 Å². The molecule has 6 atom stereocenters. The highest BCUT2D eigenvalue weighted by atomic mass is 16.5. The molecular formula is C45H50N8O6. The normalized spacial score (nSPS) is 21.7. The number of alkyl carbamates (subject to hydrolysis) is 2. The van der Waals surface area contributed by atoms with Crippen molar-refractivity contribution >= 4 is 35.0 Å². The van der Waals surface area contributed by atoms with Crippen LogP contribution in [-0.2, 0) is 19.1 Å². The number of ether oxygens (including phenoxy) is 2. The third kappa shape index (κ3) is 6.97. The Balaban J connectivity index is 0.949. The lowest BCUT2D eigenvalue weighted by Crippen LogP contribution is -2.46. The number of amides is 4. The molecule has 6 unspecified atom stereocenters. The van der Waals surface area contributed by atoms with Gasteiger partial charge in [-0.15, -0.1) is 0 Å². The quantitative estimate of drug-likeness (QED) is 0.119. The minimum Gasteiger partial charge on any atom is -0.453 e. The largest absolute Gasteiger partial charge is 0.453 e. The fourth-order valence-corrected chi connectivity index (χ4v) is 10.1. The molecule has 2 aromatic heterocycles. The first kappa shape index (κ1) is 38.3. The molecule has 4 heterocycles. The number of hydrogen-bond donors (Lipinski definition) is 4. The summed E-state index contributed by atoms with van der Waals surface area (Å²) in [6.07, 6.45) is 7.47. The van der Waals surface area contributed by atoms with Gasteiger partial charge in [0.1, 0.15) is 23.7 Å². The van der Waals surface area contributed by atoms with Gasteiger partial charge in [0.15, 0.2) is 0 Å². The van der Waals surface area contributed by atoms with Crippen LogP contribution >= 0.6 is 0 Å². The summed E-state index contributed by atoms with van der Waals surface area (Å²) in [6.45, 7) is 4.55. The van der Waals surface area contributed by atoms with Gasteiger partial charge in [0, 0.05) is 13.1 Å². The SMILES string of the molecule is COC(=O)NC(C)C(=O)N1CCCC1c1ncc(-c2ccc(-c3ccc(-c4ccc5nc(C6CCCN6C(=O)C(C)NC(=O)OC)[nH]c5c4)c4c3C3CCC4C3)cc2)[nH]1. The van der Waals surface area contributed by atoms with Gasteiger partial charge in [-0.2, -0.15) is 0 Å². The first-order valence-corrected chi connectivity index (χ1v) is 20.7. The molecule has 14 heteroatoms. The van der Waals surface area contributed by atoms with Crippen LogP contribution in [0.3, 0.4) is 0 Å². The Morgan fingerprint density at radius 3 is 1.83 bits per heavy atom. The van der Waals surface area contributed by atoms with E-state index in [1.165, 1.54) is 61.3 Å². The molecule has 306 valence electrons. The van der Waals surface area contributed by atoms with E-state index in [-0.39, 0.29) is 23.9 Å². The van der Waals surface area contributed by atoms with Crippen molar-refractivity contribution in [3.8, 4) is 33.5 Å². The number of nitrogens with one attached hydrogen (secondary N) is 4. The molecule has 1 saturated carbocycles. The Morgan fingerprint density at radius 2 is 1.24 bits per heavy atom. The van der Waals surface area contributed by atoms with E-state index in [4.69, 9.17) is 14.7 Å². The second-order valence-electron chi connectivity index (χ2n) is 16.4. The van der Waals surface area contributed by atoms with Crippen LogP contribution in [-0.4, -0.2) is 93.1 Å². The van der Waals surface area contributed by atoms with E-state index >= 15 is 0 Å². The van der Waals surface area contributed by atoms with Gasteiger partial charge in [0.05, 0.1) is 49.2 Å². The summed E-state index contributed by atoms with van der Waals surface area (Å²) in [6, 6.07) is 17.9. The summed E-state index contributed by atoms with van der Waals surface area (Å²) in [7, 11) is 2.57. The van der Waals surface area contributed by atoms with Crippen molar-refractivity contribution in [2.75, 3.05) is 27.3 Å². The van der Waals surface area contributed by atoms with Gasteiger partial charge in [-0.25, -0.2) is 19.6 Å². The van der Waals surface area contributed by atoms with Crippen molar-refractivity contribution in [3.05, 3.63) is 83.6 Å². The van der Waals surface area contributed by atoms with Crippen molar-refractivity contribution < 1.29 is 28.7 Å². The predicted molar refractivity (Wildman–Crippen MR) is 221 cm³/mol. The Kier molecular flexibility index (Phi) is 10.1. The minimum atomic E-state index is -0.704. The zero-order chi connectivity index (χ0) is 40.9. The molecule has 0 radical (unpaired) electrons. The van der Waals surface area contributed by atoms with Gasteiger partial charge in [0.25, 0.3) is 0 Å². The van der Waals surface area contributed by atoms with Crippen LogP contribution in [0, 0.1) is 0 Å². The molecule has 0 spiro atoms. The van der Waals surface area contributed by atoms with Crippen molar-refractivity contribution in [1.82, 2.24) is 40.4 Å². The van der Waals surface area contributed by atoms with Crippen LogP contribution in [0.25, 0.3) is 44.5 Å². The topological polar surface area (TPSA) is 175 Å². The summed E-state index contributed by atoms with van der Waals surface area (Å²) >= 11 is 0. The first-order chi connectivity index (χ1) is 28.6. The van der Waals surface area contributed by atoms with E-state index in [1.807, 2.05) is 11.1 Å². The molecule has 2 aliphatic carbocycles. The van der Waals surface area contributed by atoms with Gasteiger partial charge < -0.3 is 39.9 Å². The van der Waals surface area contributed by atoms with Crippen LogP contribution in [0.5, 0.6) is 0 Å². The monoisotopic (exact) mass is 798 g/mol. The number of H-pyrrole nitrogens is 2. The lowest BCUT2D eigenvalue weighted by molar-refractivity contribution is -0.134. The zero-order valence-electron chi connectivity index (χ0n) is 33.8. The summed E-state index contributed by atoms with van der Waals surface area (Å²) in [5.74, 6) is 2.25. The number of carbonyl (C=O) groups is 4. The molecule has 9 rings (SSSR count). The number of benzene rings is 3. The third-order valence-electron chi connectivity index (χ3n) is 12.9. The lowest BCUT2D eigenvalue weighted by Gasteiger charge is -2.26. The second-order valence-corrected chi connectivity index (χ2v) is 16.4. The first-order valence-electron chi connectivity index (χ1n) is 20.7. The van der Waals surface area contributed by atoms with E-state index in [0.29, 0.717) is 24.9 Å². The smallest absolute Gasteiger partial charge is 0.407 e. The molecule has 2 bridgehead atoms. The minimum absolute atomic E-state index is 0.154. The number of fused-ring (bicyclic) bond motifs is 6. The van der Waals surface area contributed by atoms with Crippen LogP contribution in [0.4, 0.5) is 9.59 Å². The molecule has 14 nitrogen and oxygen atoms in total. The van der Waals surface area contributed by atoms with Crippen molar-refractivity contribution in [2.45, 2.75) is 94.8 Å².